The number of benzene rings is 1. The number of H-pyrrole nitrogens is 1. The largest absolute Gasteiger partial charge is 0.384 e. The molecule has 0 aliphatic carbocycles. The molecule has 1 amide bonds. The number of aromatic nitrogens is 2. The van der Waals surface area contributed by atoms with E-state index in [1.54, 1.807) is 6.20 Å². The van der Waals surface area contributed by atoms with Gasteiger partial charge in [0.05, 0.1) is 18.3 Å². The predicted octanol–water partition coefficient (Wildman–Crippen LogP) is 3.81. The normalized spacial score (nSPS) is 11.0. The summed E-state index contributed by atoms with van der Waals surface area (Å²) in [5, 5.41) is 7.22. The lowest BCUT2D eigenvalue weighted by atomic mass is 10.1. The van der Waals surface area contributed by atoms with E-state index in [0.29, 0.717) is 18.2 Å². The average Bonchev–Trinajstić information content (AvgIpc) is 2.97. The minimum atomic E-state index is -0.0739. The zero-order valence-corrected chi connectivity index (χ0v) is 14.0. The van der Waals surface area contributed by atoms with E-state index in [4.69, 9.17) is 0 Å². The van der Waals surface area contributed by atoms with Crippen LogP contribution in [0.2, 0.25) is 0 Å². The molecular weight excluding hydrogens is 300 g/mol. The van der Waals surface area contributed by atoms with Crippen LogP contribution in [-0.2, 0) is 11.2 Å². The van der Waals surface area contributed by atoms with Gasteiger partial charge in [0.25, 0.3) is 0 Å². The van der Waals surface area contributed by atoms with Crippen molar-refractivity contribution in [1.82, 2.24) is 9.97 Å². The molecular formula is C19H22N4O. The van der Waals surface area contributed by atoms with Crippen LogP contribution >= 0.6 is 0 Å². The molecule has 3 aromatic rings. The Bertz CT molecular complexity index is 821. The number of anilines is 2. The number of pyridine rings is 1. The molecule has 0 bridgehead atoms. The number of nitrogens with zero attached hydrogens (tertiary/aromatic N) is 1. The number of rotatable bonds is 6. The molecule has 5 nitrogen and oxygen atoms in total. The second-order valence-corrected chi connectivity index (χ2v) is 6.29. The first kappa shape index (κ1) is 16.1. The average molecular weight is 322 g/mol. The van der Waals surface area contributed by atoms with Crippen LogP contribution < -0.4 is 10.6 Å². The van der Waals surface area contributed by atoms with Crippen molar-refractivity contribution < 1.29 is 4.79 Å². The van der Waals surface area contributed by atoms with Crippen molar-refractivity contribution >= 4 is 28.3 Å². The van der Waals surface area contributed by atoms with E-state index in [2.05, 4.69) is 34.4 Å². The minimum Gasteiger partial charge on any atom is -0.384 e. The van der Waals surface area contributed by atoms with E-state index in [-0.39, 0.29) is 5.91 Å². The van der Waals surface area contributed by atoms with Crippen molar-refractivity contribution in [2.45, 2.75) is 20.3 Å². The highest BCUT2D eigenvalue weighted by Crippen LogP contribution is 2.18. The second-order valence-electron chi connectivity index (χ2n) is 6.29. The maximum atomic E-state index is 12.2. The summed E-state index contributed by atoms with van der Waals surface area (Å²) in [6.07, 6.45) is 3.94. The third kappa shape index (κ3) is 3.93. The lowest BCUT2D eigenvalue weighted by molar-refractivity contribution is -0.115. The summed E-state index contributed by atoms with van der Waals surface area (Å²) in [5.74, 6) is 1.06. The molecule has 0 aliphatic rings. The Hall–Kier alpha value is -2.82. The molecule has 0 spiro atoms. The van der Waals surface area contributed by atoms with E-state index in [1.807, 2.05) is 42.6 Å². The van der Waals surface area contributed by atoms with Crippen molar-refractivity contribution in [1.29, 1.82) is 0 Å². The van der Waals surface area contributed by atoms with Gasteiger partial charge in [0.1, 0.15) is 5.82 Å². The van der Waals surface area contributed by atoms with Crippen LogP contribution in [0.15, 0.2) is 48.8 Å². The van der Waals surface area contributed by atoms with Crippen LogP contribution in [0.5, 0.6) is 0 Å². The first-order valence-corrected chi connectivity index (χ1v) is 8.16. The number of carbonyl (C=O) groups excluding carboxylic acids is 1. The van der Waals surface area contributed by atoms with Crippen molar-refractivity contribution in [3.63, 3.8) is 0 Å². The van der Waals surface area contributed by atoms with Crippen molar-refractivity contribution in [2.24, 2.45) is 5.92 Å². The molecule has 0 saturated carbocycles. The molecule has 2 heterocycles. The zero-order valence-electron chi connectivity index (χ0n) is 14.0. The summed E-state index contributed by atoms with van der Waals surface area (Å²) in [6.45, 7) is 5.20. The lowest BCUT2D eigenvalue weighted by Gasteiger charge is -2.09. The third-order valence-electron chi connectivity index (χ3n) is 3.77. The molecule has 1 aromatic carbocycles. The summed E-state index contributed by atoms with van der Waals surface area (Å²) >= 11 is 0. The summed E-state index contributed by atoms with van der Waals surface area (Å²) < 4.78 is 0. The van der Waals surface area contributed by atoms with Gasteiger partial charge >= 0.3 is 0 Å². The van der Waals surface area contributed by atoms with Gasteiger partial charge in [0, 0.05) is 23.6 Å². The molecule has 0 unspecified atom stereocenters. The Morgan fingerprint density at radius 2 is 2.04 bits per heavy atom. The van der Waals surface area contributed by atoms with E-state index in [0.717, 1.165) is 28.7 Å². The molecule has 2 aromatic heterocycles. The van der Waals surface area contributed by atoms with Gasteiger partial charge in [-0.25, -0.2) is 4.98 Å². The first-order chi connectivity index (χ1) is 11.6. The van der Waals surface area contributed by atoms with E-state index >= 15 is 0 Å². The van der Waals surface area contributed by atoms with E-state index in [1.165, 1.54) is 0 Å². The number of fused-ring (bicyclic) bond motifs is 1. The zero-order chi connectivity index (χ0) is 16.9. The number of aromatic amines is 1. The fraction of sp³-hybridized carbons (Fsp3) is 0.263. The third-order valence-corrected chi connectivity index (χ3v) is 3.77. The molecule has 3 N–H and O–H groups in total. The lowest BCUT2D eigenvalue weighted by Crippen LogP contribution is -2.15. The molecule has 0 saturated heterocycles. The number of amides is 1. The molecule has 0 radical (unpaired) electrons. The van der Waals surface area contributed by atoms with Crippen molar-refractivity contribution in [2.75, 3.05) is 17.2 Å². The van der Waals surface area contributed by atoms with Crippen LogP contribution in [0, 0.1) is 5.92 Å². The summed E-state index contributed by atoms with van der Waals surface area (Å²) in [4.78, 5) is 19.7. The van der Waals surface area contributed by atoms with Crippen LogP contribution in [0.4, 0.5) is 11.5 Å². The summed E-state index contributed by atoms with van der Waals surface area (Å²) in [5.41, 5.74) is 2.98. The fourth-order valence-corrected chi connectivity index (χ4v) is 2.53. The van der Waals surface area contributed by atoms with Gasteiger partial charge in [0.2, 0.25) is 5.91 Å². The standard InChI is InChI=1S/C19H22N4O/c1-13(2)10-20-15-7-8-18(22-12-15)23-19(24)9-14-11-21-17-6-4-3-5-16(14)17/h3-8,11-13,20-21H,9-10H2,1-2H3,(H,22,23,24). The van der Waals surface area contributed by atoms with Gasteiger partial charge in [-0.2, -0.15) is 0 Å². The number of para-hydroxylation sites is 1. The fourth-order valence-electron chi connectivity index (χ4n) is 2.53. The Labute approximate surface area is 141 Å². The predicted molar refractivity (Wildman–Crippen MR) is 98.2 cm³/mol. The highest BCUT2D eigenvalue weighted by Gasteiger charge is 2.09. The molecule has 0 atom stereocenters. The maximum absolute atomic E-state index is 12.2. The van der Waals surface area contributed by atoms with Gasteiger partial charge < -0.3 is 15.6 Å². The van der Waals surface area contributed by atoms with Gasteiger partial charge in [-0.1, -0.05) is 32.0 Å². The Morgan fingerprint density at radius 1 is 1.21 bits per heavy atom. The first-order valence-electron chi connectivity index (χ1n) is 8.16. The second kappa shape index (κ2) is 7.17. The number of hydrogen-bond acceptors (Lipinski definition) is 3. The van der Waals surface area contributed by atoms with Crippen molar-refractivity contribution in [3.05, 3.63) is 54.4 Å². The Morgan fingerprint density at radius 3 is 2.79 bits per heavy atom. The van der Waals surface area contributed by atoms with E-state index in [9.17, 15) is 4.79 Å². The van der Waals surface area contributed by atoms with Crippen LogP contribution in [0.25, 0.3) is 10.9 Å². The van der Waals surface area contributed by atoms with Crippen LogP contribution in [-0.4, -0.2) is 22.4 Å². The minimum absolute atomic E-state index is 0.0739. The SMILES string of the molecule is CC(C)CNc1ccc(NC(=O)Cc2c[nH]c3ccccc23)nc1. The smallest absolute Gasteiger partial charge is 0.230 e. The Kier molecular flexibility index (Phi) is 4.79. The highest BCUT2D eigenvalue weighted by atomic mass is 16.1. The van der Waals surface area contributed by atoms with Gasteiger partial charge in [-0.15, -0.1) is 0 Å². The van der Waals surface area contributed by atoms with Crippen LogP contribution in [0.1, 0.15) is 19.4 Å². The molecule has 5 heteroatoms. The molecule has 3 rings (SSSR count). The molecule has 124 valence electrons. The molecule has 24 heavy (non-hydrogen) atoms. The van der Waals surface area contributed by atoms with Gasteiger partial charge in [-0.05, 0) is 29.7 Å². The van der Waals surface area contributed by atoms with Crippen molar-refractivity contribution in [3.8, 4) is 0 Å². The number of nitrogens with one attached hydrogen (secondary N) is 3. The maximum Gasteiger partial charge on any atom is 0.230 e. The van der Waals surface area contributed by atoms with Gasteiger partial charge in [-0.3, -0.25) is 4.79 Å². The van der Waals surface area contributed by atoms with Gasteiger partial charge in [0.15, 0.2) is 0 Å². The summed E-state index contributed by atoms with van der Waals surface area (Å²) in [6, 6.07) is 11.7. The molecule has 0 fully saturated rings. The highest BCUT2D eigenvalue weighted by molar-refractivity contribution is 5.95. The molecule has 0 aliphatic heterocycles. The van der Waals surface area contributed by atoms with Crippen LogP contribution in [0.3, 0.4) is 0 Å². The van der Waals surface area contributed by atoms with E-state index < -0.39 is 0 Å². The monoisotopic (exact) mass is 322 g/mol. The quantitative estimate of drug-likeness (QED) is 0.646. The topological polar surface area (TPSA) is 69.8 Å². The Balaban J connectivity index is 1.60. The summed E-state index contributed by atoms with van der Waals surface area (Å²) in [7, 11) is 0. The number of hydrogen-bond donors (Lipinski definition) is 3. The number of carbonyl (C=O) groups is 1.